The summed E-state index contributed by atoms with van der Waals surface area (Å²) in [4.78, 5) is 5.53. The number of aromatic nitrogens is 1. The summed E-state index contributed by atoms with van der Waals surface area (Å²) in [6.45, 7) is -0.267. The largest absolute Gasteiger partial charge is 0.311 e. The van der Waals surface area contributed by atoms with Gasteiger partial charge < -0.3 is 14.4 Å². The van der Waals surface area contributed by atoms with Crippen LogP contribution in [0.4, 0.5) is 34.1 Å². The molecule has 109 heavy (non-hydrogen) atoms. The van der Waals surface area contributed by atoms with Crippen molar-refractivity contribution in [2.24, 2.45) is 0 Å². The number of hydrogen-bond acceptors (Lipinski definition) is 2. The summed E-state index contributed by atoms with van der Waals surface area (Å²) in [5.74, 6) is 0. The predicted octanol–water partition coefficient (Wildman–Crippen LogP) is 23.6. The van der Waals surface area contributed by atoms with Crippen LogP contribution in [0.25, 0.3) is 105 Å². The first-order valence-electron chi connectivity index (χ1n) is 38.4. The van der Waals surface area contributed by atoms with Gasteiger partial charge in [-0.15, -0.1) is 0 Å². The fourth-order valence-corrected chi connectivity index (χ4v) is 22.9. The van der Waals surface area contributed by atoms with E-state index in [0.717, 1.165) is 45.2 Å². The molecule has 3 spiro atoms. The average Bonchev–Trinajstić information content (AvgIpc) is 1.54. The molecule has 0 radical (unpaired) electrons. The maximum Gasteiger partial charge on any atom is 0.252 e. The quantitative estimate of drug-likeness (QED) is 0.163. The van der Waals surface area contributed by atoms with Crippen molar-refractivity contribution in [2.45, 2.75) is 16.2 Å². The average molecular weight is 1380 g/mol. The van der Waals surface area contributed by atoms with Gasteiger partial charge >= 0.3 is 0 Å². The molecule has 0 unspecified atom stereocenters. The number of anilines is 6. The fourth-order valence-electron chi connectivity index (χ4n) is 22.9. The van der Waals surface area contributed by atoms with E-state index in [1.807, 2.05) is 0 Å². The van der Waals surface area contributed by atoms with Gasteiger partial charge in [0.1, 0.15) is 0 Å². The smallest absolute Gasteiger partial charge is 0.252 e. The van der Waals surface area contributed by atoms with Crippen LogP contribution < -0.4 is 26.2 Å². The summed E-state index contributed by atoms with van der Waals surface area (Å²) in [5, 5.41) is 2.44. The number of fused-ring (bicyclic) bond motifs is 38. The van der Waals surface area contributed by atoms with E-state index in [1.54, 1.807) is 0 Å². The maximum atomic E-state index is 2.85. The van der Waals surface area contributed by atoms with Crippen LogP contribution in [0.5, 0.6) is 0 Å². The first-order valence-corrected chi connectivity index (χ1v) is 38.4. The van der Waals surface area contributed by atoms with Crippen LogP contribution in [-0.2, 0) is 16.2 Å². The van der Waals surface area contributed by atoms with Crippen LogP contribution in [-0.4, -0.2) is 11.3 Å². The predicted molar refractivity (Wildman–Crippen MR) is 449 cm³/mol. The molecule has 0 N–H and O–H groups in total. The summed E-state index contributed by atoms with van der Waals surface area (Å²) in [5.41, 5.74) is 45.8. The van der Waals surface area contributed by atoms with Gasteiger partial charge in [-0.05, 0) is 198 Å². The lowest BCUT2D eigenvalue weighted by Crippen LogP contribution is -2.61. The molecule has 3 heterocycles. The van der Waals surface area contributed by atoms with Gasteiger partial charge in [0, 0.05) is 50.3 Å². The molecule has 2 aliphatic heterocycles. The normalized spacial score (nSPS) is 15.0. The van der Waals surface area contributed by atoms with Crippen molar-refractivity contribution in [3.8, 4) is 83.6 Å². The topological polar surface area (TPSA) is 11.4 Å². The van der Waals surface area contributed by atoms with Gasteiger partial charge in [-0.25, -0.2) is 0 Å². The van der Waals surface area contributed by atoms with E-state index in [9.17, 15) is 0 Å². The Morgan fingerprint density at radius 3 is 1.16 bits per heavy atom. The van der Waals surface area contributed by atoms with Crippen LogP contribution in [0, 0.1) is 0 Å². The number of benzene rings is 17. The SMILES string of the molecule is c1ccc(-c2ccc3c(c2)B2c4ccc5c(c4N(c4cccc6c4C4(c7ccccc7-c7ccccc74)c4ccccc4-6)c4cc(-n6c7ccccc7c7ccccc76)cc(c42)N3c2ccc3c(c2)-c2ccccc2C32c3ccccc3-c3ccccc32)-c2ccccc2C52c3ccccc3-c3ccccc32)cc1. The van der Waals surface area contributed by atoms with Gasteiger partial charge in [0.2, 0.25) is 0 Å². The molecule has 0 bridgehead atoms. The molecule has 18 aromatic rings. The van der Waals surface area contributed by atoms with Crippen LogP contribution in [0.2, 0.25) is 0 Å². The number of hydrogen-bond donors (Lipinski definition) is 0. The Labute approximate surface area is 631 Å². The molecule has 0 saturated carbocycles. The Bertz CT molecular complexity index is 6960. The van der Waals surface area contributed by atoms with E-state index in [1.165, 1.54) is 177 Å². The monoisotopic (exact) mass is 1380 g/mol. The van der Waals surface area contributed by atoms with E-state index in [4.69, 9.17) is 0 Å². The van der Waals surface area contributed by atoms with Gasteiger partial charge in [0.05, 0.1) is 38.7 Å². The molecule has 26 rings (SSSR count). The molecule has 0 atom stereocenters. The highest BCUT2D eigenvalue weighted by atomic mass is 15.2. The minimum absolute atomic E-state index is 0.267. The second-order valence-electron chi connectivity index (χ2n) is 31.0. The van der Waals surface area contributed by atoms with Gasteiger partial charge in [-0.1, -0.05) is 328 Å². The van der Waals surface area contributed by atoms with Crippen molar-refractivity contribution < 1.29 is 0 Å². The zero-order valence-corrected chi connectivity index (χ0v) is 59.2. The Kier molecular flexibility index (Phi) is 11.2. The second kappa shape index (κ2) is 20.8. The van der Waals surface area contributed by atoms with Gasteiger partial charge in [0.25, 0.3) is 6.71 Å². The molecule has 0 saturated heterocycles. The molecule has 17 aromatic carbocycles. The van der Waals surface area contributed by atoms with Crippen molar-refractivity contribution >= 4 is 79.0 Å². The molecule has 0 fully saturated rings. The lowest BCUT2D eigenvalue weighted by molar-refractivity contribution is 0.791. The van der Waals surface area contributed by atoms with Crippen LogP contribution in [0.15, 0.2) is 376 Å². The molecule has 3 nitrogen and oxygen atoms in total. The molecule has 6 aliphatic carbocycles. The third-order valence-electron chi connectivity index (χ3n) is 26.6. The third kappa shape index (κ3) is 6.92. The minimum Gasteiger partial charge on any atom is -0.311 e. The maximum absolute atomic E-state index is 2.85. The lowest BCUT2D eigenvalue weighted by atomic mass is 9.33. The van der Waals surface area contributed by atoms with E-state index in [0.29, 0.717) is 0 Å². The van der Waals surface area contributed by atoms with Crippen molar-refractivity contribution in [1.29, 1.82) is 0 Å². The van der Waals surface area contributed by atoms with Crippen molar-refractivity contribution in [3.05, 3.63) is 443 Å². The van der Waals surface area contributed by atoms with Gasteiger partial charge in [-0.2, -0.15) is 0 Å². The Balaban J connectivity index is 0.842. The van der Waals surface area contributed by atoms with E-state index >= 15 is 0 Å². The summed E-state index contributed by atoms with van der Waals surface area (Å²) < 4.78 is 2.58. The number of rotatable bonds is 4. The highest BCUT2D eigenvalue weighted by molar-refractivity contribution is 7.00. The van der Waals surface area contributed by atoms with E-state index < -0.39 is 16.2 Å². The zero-order valence-electron chi connectivity index (χ0n) is 59.2. The fraction of sp³-hybridized carbons (Fsp3) is 0.0286. The summed E-state index contributed by atoms with van der Waals surface area (Å²) in [6.07, 6.45) is 0. The molecule has 8 aliphatic rings. The standard InChI is InChI=1S/C105H62BN3/c1-2-27-63(28-3-1)64-53-58-95-92(59-64)106-91-57-56-90-99(78-39-12-23-49-88(78)104(90)82-43-17-6-31-69(82)70-32-7-18-44-83(70)104)102(91)109(96-52-26-40-77-73-35-10-22-48-87(73)105(100(77)96)85-46-20-8-33-71(85)72-34-9-21-47-86(72)105)98-62-66(108-93-50-24-13-37-75(93)76-38-14-25-51-94(76)108)61-97(101(98)106)107(95)65-54-55-89-79(60-65)74-36-11-19-45-84(74)103(89)80-41-15-4-29-67(80)68-30-5-16-42-81(68)103/h1-62H. The van der Waals surface area contributed by atoms with E-state index in [-0.39, 0.29) is 6.71 Å². The first-order chi connectivity index (χ1) is 54.1. The molecule has 500 valence electrons. The summed E-state index contributed by atoms with van der Waals surface area (Å²) in [6, 6.07) is 146. The van der Waals surface area contributed by atoms with Crippen molar-refractivity contribution in [3.63, 3.8) is 0 Å². The Morgan fingerprint density at radius 2 is 0.624 bits per heavy atom. The summed E-state index contributed by atoms with van der Waals surface area (Å²) >= 11 is 0. The van der Waals surface area contributed by atoms with Gasteiger partial charge in [-0.3, -0.25) is 0 Å². The second-order valence-corrected chi connectivity index (χ2v) is 31.0. The number of para-hydroxylation sites is 2. The molecule has 1 aromatic heterocycles. The lowest BCUT2D eigenvalue weighted by Gasteiger charge is -2.46. The van der Waals surface area contributed by atoms with Crippen LogP contribution in [0.1, 0.15) is 66.8 Å². The third-order valence-corrected chi connectivity index (χ3v) is 26.6. The minimum atomic E-state index is -0.709. The van der Waals surface area contributed by atoms with Crippen molar-refractivity contribution in [2.75, 3.05) is 9.80 Å². The van der Waals surface area contributed by atoms with Crippen LogP contribution >= 0.6 is 0 Å². The highest BCUT2D eigenvalue weighted by Crippen LogP contribution is 2.70. The molecular formula is C105H62BN3. The number of nitrogens with zero attached hydrogens (tertiary/aromatic N) is 3. The molecule has 0 amide bonds. The summed E-state index contributed by atoms with van der Waals surface area (Å²) in [7, 11) is 0. The van der Waals surface area contributed by atoms with Crippen molar-refractivity contribution in [1.82, 2.24) is 4.57 Å². The first kappa shape index (κ1) is 58.5. The Hall–Kier alpha value is -13.8. The molecular weight excluding hydrogens is 1310 g/mol. The molecule has 4 heteroatoms. The van der Waals surface area contributed by atoms with Crippen LogP contribution in [0.3, 0.4) is 0 Å². The van der Waals surface area contributed by atoms with E-state index in [2.05, 4.69) is 390 Å². The highest BCUT2D eigenvalue weighted by Gasteiger charge is 2.59. The Morgan fingerprint density at radius 1 is 0.220 bits per heavy atom. The van der Waals surface area contributed by atoms with Gasteiger partial charge in [0.15, 0.2) is 0 Å². The zero-order chi connectivity index (χ0) is 70.7.